The van der Waals surface area contributed by atoms with Gasteiger partial charge in [0.15, 0.2) is 12.4 Å². The fourth-order valence-electron chi connectivity index (χ4n) is 9.14. The summed E-state index contributed by atoms with van der Waals surface area (Å²) in [6, 6.07) is -1.04. The van der Waals surface area contributed by atoms with E-state index in [1.54, 1.807) is 6.08 Å². The fraction of sp³-hybridized carbons (Fsp3) is 0.727. The molecule has 1 aliphatic rings. The zero-order valence-electron chi connectivity index (χ0n) is 48.8. The standard InChI is InChI=1S/C66H113NO10/c1-4-7-10-13-16-19-22-24-26-27-28-29-30-31-32-34-35-38-41-44-47-50-53-59(70)65(74)67-57(58(69)52-49-46-43-40-37-21-18-15-12-9-6-3)56-75-66-64(63(73)62(72)60(55-68)76-66)77-61(71)54-51-48-45-42-39-36-33-25-23-20-17-14-11-8-5-2/h8,11,14,16-17,19-20,23-26,28-29,33,49,52,57-60,62-64,66,68-70,72-73H,4-7,9-10,12-13,15,18,21-22,27,30-32,34-48,50-51,53-56H2,1-3H3,(H,67,74)/b11-8+,17-14+,19-16-,23-20+,26-24-,29-28-,33-25-,52-49+. The highest BCUT2D eigenvalue weighted by molar-refractivity contribution is 5.80. The Balaban J connectivity index is 2.66. The number of esters is 1. The van der Waals surface area contributed by atoms with Crippen molar-refractivity contribution < 1.29 is 49.3 Å². The van der Waals surface area contributed by atoms with Gasteiger partial charge in [0.1, 0.15) is 24.4 Å². The van der Waals surface area contributed by atoms with Crippen molar-refractivity contribution in [1.29, 1.82) is 0 Å². The molecule has 0 spiro atoms. The molecule has 1 amide bonds. The number of carbonyl (C=O) groups excluding carboxylic acids is 2. The number of ether oxygens (including phenoxy) is 3. The predicted octanol–water partition coefficient (Wildman–Crippen LogP) is 14.7. The van der Waals surface area contributed by atoms with Crippen molar-refractivity contribution in [2.75, 3.05) is 13.2 Å². The monoisotopic (exact) mass is 1080 g/mol. The van der Waals surface area contributed by atoms with Crippen LogP contribution in [0.4, 0.5) is 0 Å². The molecule has 11 nitrogen and oxygen atoms in total. The number of amides is 1. The Morgan fingerprint density at radius 3 is 1.55 bits per heavy atom. The summed E-state index contributed by atoms with van der Waals surface area (Å²) < 4.78 is 17.6. The van der Waals surface area contributed by atoms with Gasteiger partial charge in [0.05, 0.1) is 25.4 Å². The van der Waals surface area contributed by atoms with Crippen LogP contribution in [0.3, 0.4) is 0 Å². The van der Waals surface area contributed by atoms with Crippen LogP contribution in [0.15, 0.2) is 97.2 Å². The maximum absolute atomic E-state index is 13.4. The highest BCUT2D eigenvalue weighted by Crippen LogP contribution is 2.26. The highest BCUT2D eigenvalue weighted by atomic mass is 16.7. The number of nitrogens with one attached hydrogen (secondary N) is 1. The van der Waals surface area contributed by atoms with Gasteiger partial charge in [-0.15, -0.1) is 0 Å². The van der Waals surface area contributed by atoms with Crippen molar-refractivity contribution in [1.82, 2.24) is 5.32 Å². The second-order valence-electron chi connectivity index (χ2n) is 21.1. The van der Waals surface area contributed by atoms with Crippen LogP contribution in [0.1, 0.15) is 245 Å². The number of hydrogen-bond donors (Lipinski definition) is 6. The van der Waals surface area contributed by atoms with Crippen LogP contribution in [-0.2, 0) is 23.8 Å². The Hall–Kier alpha value is -3.42. The Morgan fingerprint density at radius 2 is 0.987 bits per heavy atom. The number of aliphatic hydroxyl groups excluding tert-OH is 5. The summed E-state index contributed by atoms with van der Waals surface area (Å²) in [5.74, 6) is -1.23. The molecular formula is C66H113NO10. The van der Waals surface area contributed by atoms with E-state index >= 15 is 0 Å². The fourth-order valence-corrected chi connectivity index (χ4v) is 9.14. The maximum atomic E-state index is 13.4. The third kappa shape index (κ3) is 41.3. The van der Waals surface area contributed by atoms with E-state index in [2.05, 4.69) is 74.7 Å². The van der Waals surface area contributed by atoms with E-state index in [0.29, 0.717) is 12.8 Å². The lowest BCUT2D eigenvalue weighted by Crippen LogP contribution is -2.61. The Bertz CT molecular complexity index is 1620. The lowest BCUT2D eigenvalue weighted by atomic mass is 9.99. The van der Waals surface area contributed by atoms with Gasteiger partial charge in [-0.25, -0.2) is 0 Å². The van der Waals surface area contributed by atoms with Gasteiger partial charge in [-0.1, -0.05) is 253 Å². The normalized spacial score (nSPS) is 19.7. The molecule has 77 heavy (non-hydrogen) atoms. The average Bonchev–Trinajstić information content (AvgIpc) is 3.43. The van der Waals surface area contributed by atoms with Crippen LogP contribution >= 0.6 is 0 Å². The molecular weight excluding hydrogens is 967 g/mol. The molecule has 1 fully saturated rings. The second-order valence-corrected chi connectivity index (χ2v) is 21.1. The number of allylic oxidation sites excluding steroid dienone is 15. The quantitative estimate of drug-likeness (QED) is 0.0149. The first-order valence-corrected chi connectivity index (χ1v) is 31.1. The molecule has 1 heterocycles. The number of rotatable bonds is 51. The minimum atomic E-state index is -1.63. The maximum Gasteiger partial charge on any atom is 0.306 e. The molecule has 0 saturated carbocycles. The van der Waals surface area contributed by atoms with E-state index in [1.165, 1.54) is 96.3 Å². The molecule has 1 aliphatic heterocycles. The molecule has 0 aromatic heterocycles. The van der Waals surface area contributed by atoms with Crippen LogP contribution in [-0.4, -0.2) is 99.6 Å². The van der Waals surface area contributed by atoms with Crippen molar-refractivity contribution in [3.63, 3.8) is 0 Å². The summed E-state index contributed by atoms with van der Waals surface area (Å²) >= 11 is 0. The van der Waals surface area contributed by atoms with E-state index in [0.717, 1.165) is 103 Å². The minimum Gasteiger partial charge on any atom is -0.454 e. The van der Waals surface area contributed by atoms with Crippen LogP contribution in [0.2, 0.25) is 0 Å². The van der Waals surface area contributed by atoms with Crippen LogP contribution in [0.5, 0.6) is 0 Å². The first-order chi connectivity index (χ1) is 37.7. The zero-order chi connectivity index (χ0) is 56.1. The molecule has 6 N–H and O–H groups in total. The van der Waals surface area contributed by atoms with Gasteiger partial charge in [0.2, 0.25) is 5.91 Å². The molecule has 0 radical (unpaired) electrons. The van der Waals surface area contributed by atoms with Gasteiger partial charge < -0.3 is 45.1 Å². The highest BCUT2D eigenvalue weighted by Gasteiger charge is 2.47. The first-order valence-electron chi connectivity index (χ1n) is 31.1. The summed E-state index contributed by atoms with van der Waals surface area (Å²) in [6.07, 6.45) is 60.1. The molecule has 11 heteroatoms. The van der Waals surface area contributed by atoms with E-state index < -0.39 is 67.4 Å². The summed E-state index contributed by atoms with van der Waals surface area (Å²) in [5.41, 5.74) is 0. The van der Waals surface area contributed by atoms with Gasteiger partial charge in [-0.2, -0.15) is 0 Å². The molecule has 0 bridgehead atoms. The van der Waals surface area contributed by atoms with E-state index in [1.807, 2.05) is 42.5 Å². The van der Waals surface area contributed by atoms with Gasteiger partial charge in [0, 0.05) is 6.42 Å². The van der Waals surface area contributed by atoms with E-state index in [4.69, 9.17) is 14.2 Å². The number of unbranched alkanes of at least 4 members (excludes halogenated alkanes) is 26. The average molecular weight is 1080 g/mol. The summed E-state index contributed by atoms with van der Waals surface area (Å²) in [4.78, 5) is 26.5. The van der Waals surface area contributed by atoms with Gasteiger partial charge in [-0.3, -0.25) is 9.59 Å². The van der Waals surface area contributed by atoms with Gasteiger partial charge in [-0.05, 0) is 83.5 Å². The molecule has 0 aromatic rings. The molecule has 0 aliphatic carbocycles. The number of carbonyl (C=O) groups is 2. The number of aliphatic hydroxyl groups is 5. The Labute approximate surface area is 469 Å². The van der Waals surface area contributed by atoms with Crippen molar-refractivity contribution in [2.45, 2.75) is 294 Å². The molecule has 8 unspecified atom stereocenters. The zero-order valence-corrected chi connectivity index (χ0v) is 48.8. The van der Waals surface area contributed by atoms with Crippen molar-refractivity contribution in [3.05, 3.63) is 97.2 Å². The Morgan fingerprint density at radius 1 is 0.532 bits per heavy atom. The summed E-state index contributed by atoms with van der Waals surface area (Å²) in [6.45, 7) is 5.59. The van der Waals surface area contributed by atoms with Crippen LogP contribution in [0, 0.1) is 0 Å². The third-order valence-corrected chi connectivity index (χ3v) is 14.1. The number of hydrogen-bond acceptors (Lipinski definition) is 10. The predicted molar refractivity (Wildman–Crippen MR) is 319 cm³/mol. The Kier molecular flexibility index (Phi) is 49.5. The SMILES string of the molecule is CC/C=C/C=C/C=C/C=C\CCCCCCCC(=O)OC1C(OCC(NC(=O)C(O)CCCCCCCCCCC/C=C\C/C=C\C/C=C\CCCCC)C(O)/C=C/CCCCCCCCCCC)OC(CO)C(O)C1O. The lowest BCUT2D eigenvalue weighted by Gasteiger charge is -2.41. The molecule has 0 aromatic carbocycles. The lowest BCUT2D eigenvalue weighted by molar-refractivity contribution is -0.305. The van der Waals surface area contributed by atoms with Gasteiger partial charge >= 0.3 is 5.97 Å². The molecule has 1 saturated heterocycles. The summed E-state index contributed by atoms with van der Waals surface area (Å²) in [7, 11) is 0. The minimum absolute atomic E-state index is 0.0926. The third-order valence-electron chi connectivity index (χ3n) is 14.1. The van der Waals surface area contributed by atoms with Crippen molar-refractivity contribution in [3.8, 4) is 0 Å². The summed E-state index contributed by atoms with van der Waals surface area (Å²) in [5, 5.41) is 56.9. The first kappa shape index (κ1) is 71.6. The van der Waals surface area contributed by atoms with Crippen LogP contribution < -0.4 is 5.32 Å². The largest absolute Gasteiger partial charge is 0.454 e. The van der Waals surface area contributed by atoms with Crippen LogP contribution in [0.25, 0.3) is 0 Å². The van der Waals surface area contributed by atoms with Crippen molar-refractivity contribution in [2.24, 2.45) is 0 Å². The molecule has 8 atom stereocenters. The second kappa shape index (κ2) is 53.2. The van der Waals surface area contributed by atoms with E-state index in [9.17, 15) is 35.1 Å². The topological polar surface area (TPSA) is 175 Å². The van der Waals surface area contributed by atoms with Gasteiger partial charge in [0.25, 0.3) is 0 Å². The smallest absolute Gasteiger partial charge is 0.306 e. The molecule has 442 valence electrons. The van der Waals surface area contributed by atoms with Crippen molar-refractivity contribution >= 4 is 11.9 Å². The molecule has 1 rings (SSSR count). The van der Waals surface area contributed by atoms with E-state index in [-0.39, 0.29) is 19.4 Å².